The van der Waals surface area contributed by atoms with E-state index in [1.807, 2.05) is 78.9 Å². The quantitative estimate of drug-likeness (QED) is 0.129. The lowest BCUT2D eigenvalue weighted by Crippen LogP contribution is -2.17. The third-order valence-corrected chi connectivity index (χ3v) is 6.93. The number of carbonyl (C=O) groups is 1. The van der Waals surface area contributed by atoms with Crippen LogP contribution >= 0.6 is 11.8 Å². The third kappa shape index (κ3) is 6.87. The molecule has 5 aromatic rings. The summed E-state index contributed by atoms with van der Waals surface area (Å²) < 4.78 is 5.93. The third-order valence-electron chi connectivity index (χ3n) is 5.84. The van der Waals surface area contributed by atoms with E-state index in [-0.39, 0.29) is 5.91 Å². The number of hydrogen-bond acceptors (Lipinski definition) is 4. The van der Waals surface area contributed by atoms with E-state index in [2.05, 4.69) is 53.0 Å². The lowest BCUT2D eigenvalue weighted by atomic mass is 10.1. The van der Waals surface area contributed by atoms with Gasteiger partial charge in [-0.3, -0.25) is 4.79 Å². The SMILES string of the molecule is O=C(N/N=C/c1ccc(OCc2ccc3ccccc3c2)cc1)c1ccc(CSc2ccccc2)cc1. The number of amides is 1. The number of hydrazone groups is 1. The highest BCUT2D eigenvalue weighted by Gasteiger charge is 2.05. The van der Waals surface area contributed by atoms with Gasteiger partial charge in [-0.25, -0.2) is 5.43 Å². The van der Waals surface area contributed by atoms with Crippen molar-refractivity contribution in [1.82, 2.24) is 5.43 Å². The fourth-order valence-electron chi connectivity index (χ4n) is 3.81. The van der Waals surface area contributed by atoms with Crippen LogP contribution in [-0.4, -0.2) is 12.1 Å². The van der Waals surface area contributed by atoms with Crippen LogP contribution in [0.25, 0.3) is 10.8 Å². The van der Waals surface area contributed by atoms with Gasteiger partial charge in [0.05, 0.1) is 6.21 Å². The molecular formula is C32H26N2O2S. The second-order valence-corrected chi connectivity index (χ2v) is 9.59. The molecule has 0 radical (unpaired) electrons. The molecule has 5 heteroatoms. The van der Waals surface area contributed by atoms with Crippen molar-refractivity contribution in [3.05, 3.63) is 144 Å². The number of fused-ring (bicyclic) bond motifs is 1. The first kappa shape index (κ1) is 24.3. The summed E-state index contributed by atoms with van der Waals surface area (Å²) in [4.78, 5) is 13.7. The summed E-state index contributed by atoms with van der Waals surface area (Å²) in [6.45, 7) is 0.498. The first-order chi connectivity index (χ1) is 18.2. The van der Waals surface area contributed by atoms with Gasteiger partial charge in [0.25, 0.3) is 5.91 Å². The predicted octanol–water partition coefficient (Wildman–Crippen LogP) is 7.48. The van der Waals surface area contributed by atoms with E-state index in [4.69, 9.17) is 4.74 Å². The predicted molar refractivity (Wildman–Crippen MR) is 152 cm³/mol. The van der Waals surface area contributed by atoms with Crippen molar-refractivity contribution in [2.24, 2.45) is 5.10 Å². The molecule has 0 fully saturated rings. The summed E-state index contributed by atoms with van der Waals surface area (Å²) in [7, 11) is 0. The number of nitrogens with one attached hydrogen (secondary N) is 1. The fraction of sp³-hybridized carbons (Fsp3) is 0.0625. The van der Waals surface area contributed by atoms with Gasteiger partial charge in [0, 0.05) is 16.2 Å². The first-order valence-corrected chi connectivity index (χ1v) is 13.0. The van der Waals surface area contributed by atoms with E-state index in [1.165, 1.54) is 15.7 Å². The van der Waals surface area contributed by atoms with Gasteiger partial charge in [-0.2, -0.15) is 5.10 Å². The highest BCUT2D eigenvalue weighted by molar-refractivity contribution is 7.98. The van der Waals surface area contributed by atoms with Crippen LogP contribution in [0.1, 0.15) is 27.0 Å². The Bertz CT molecular complexity index is 1500. The Kier molecular flexibility index (Phi) is 7.94. The largest absolute Gasteiger partial charge is 0.489 e. The summed E-state index contributed by atoms with van der Waals surface area (Å²) in [6, 6.07) is 40.1. The van der Waals surface area contributed by atoms with Crippen molar-refractivity contribution in [3.63, 3.8) is 0 Å². The maximum absolute atomic E-state index is 12.4. The van der Waals surface area contributed by atoms with Gasteiger partial charge < -0.3 is 4.74 Å². The minimum Gasteiger partial charge on any atom is -0.489 e. The van der Waals surface area contributed by atoms with Crippen molar-refractivity contribution < 1.29 is 9.53 Å². The average Bonchev–Trinajstić information content (AvgIpc) is 2.96. The molecule has 5 rings (SSSR count). The lowest BCUT2D eigenvalue weighted by Gasteiger charge is -2.08. The van der Waals surface area contributed by atoms with E-state index in [0.717, 1.165) is 28.2 Å². The van der Waals surface area contributed by atoms with Crippen LogP contribution in [0.4, 0.5) is 0 Å². The van der Waals surface area contributed by atoms with Gasteiger partial charge in [-0.1, -0.05) is 66.7 Å². The van der Waals surface area contributed by atoms with Crippen LogP contribution in [0, 0.1) is 0 Å². The summed E-state index contributed by atoms with van der Waals surface area (Å²) in [5.74, 6) is 1.39. The number of carbonyl (C=O) groups excluding carboxylic acids is 1. The molecule has 0 atom stereocenters. The molecule has 182 valence electrons. The summed E-state index contributed by atoms with van der Waals surface area (Å²) in [6.07, 6.45) is 1.62. The molecule has 5 aromatic carbocycles. The molecule has 37 heavy (non-hydrogen) atoms. The van der Waals surface area contributed by atoms with Crippen molar-refractivity contribution in [2.75, 3.05) is 0 Å². The Balaban J connectivity index is 1.09. The van der Waals surface area contributed by atoms with Gasteiger partial charge in [0.2, 0.25) is 0 Å². The molecule has 0 aromatic heterocycles. The Morgan fingerprint density at radius 2 is 1.46 bits per heavy atom. The second kappa shape index (κ2) is 12.1. The molecule has 0 saturated carbocycles. The van der Waals surface area contributed by atoms with Crippen molar-refractivity contribution in [3.8, 4) is 5.75 Å². The average molecular weight is 503 g/mol. The number of nitrogens with zero attached hydrogens (tertiary/aromatic N) is 1. The number of benzene rings is 5. The molecule has 0 bridgehead atoms. The topological polar surface area (TPSA) is 50.7 Å². The molecule has 1 amide bonds. The van der Waals surface area contributed by atoms with Gasteiger partial charge in [0.1, 0.15) is 12.4 Å². The van der Waals surface area contributed by atoms with Crippen molar-refractivity contribution in [1.29, 1.82) is 0 Å². The molecule has 4 nitrogen and oxygen atoms in total. The zero-order valence-corrected chi connectivity index (χ0v) is 21.0. The van der Waals surface area contributed by atoms with Crippen LogP contribution in [0.15, 0.2) is 131 Å². The zero-order valence-electron chi connectivity index (χ0n) is 20.2. The Morgan fingerprint density at radius 1 is 0.757 bits per heavy atom. The normalized spacial score (nSPS) is 11.0. The van der Waals surface area contributed by atoms with E-state index in [1.54, 1.807) is 18.0 Å². The van der Waals surface area contributed by atoms with Gasteiger partial charge in [-0.05, 0) is 82.1 Å². The Hall–Kier alpha value is -4.35. The molecule has 0 aliphatic heterocycles. The van der Waals surface area contributed by atoms with Gasteiger partial charge in [0.15, 0.2) is 0 Å². The van der Waals surface area contributed by atoms with Crippen LogP contribution in [0.5, 0.6) is 5.75 Å². The smallest absolute Gasteiger partial charge is 0.271 e. The summed E-state index contributed by atoms with van der Waals surface area (Å²) in [5, 5.41) is 6.52. The molecule has 1 N–H and O–H groups in total. The van der Waals surface area contributed by atoms with E-state index < -0.39 is 0 Å². The highest BCUT2D eigenvalue weighted by atomic mass is 32.2. The van der Waals surface area contributed by atoms with Crippen molar-refractivity contribution in [2.45, 2.75) is 17.3 Å². The maximum Gasteiger partial charge on any atom is 0.271 e. The van der Waals surface area contributed by atoms with E-state index in [9.17, 15) is 4.79 Å². The molecule has 0 heterocycles. The molecule has 0 spiro atoms. The van der Waals surface area contributed by atoms with Crippen molar-refractivity contribution >= 4 is 34.7 Å². The van der Waals surface area contributed by atoms with E-state index >= 15 is 0 Å². The summed E-state index contributed by atoms with van der Waals surface area (Å²) >= 11 is 1.77. The molecule has 0 aliphatic carbocycles. The monoisotopic (exact) mass is 502 g/mol. The van der Waals surface area contributed by atoms with E-state index in [0.29, 0.717) is 12.2 Å². The van der Waals surface area contributed by atoms with Crippen LogP contribution < -0.4 is 10.2 Å². The number of rotatable bonds is 9. The number of hydrogen-bond donors (Lipinski definition) is 1. The molecular weight excluding hydrogens is 476 g/mol. The minimum atomic E-state index is -0.242. The number of thioether (sulfide) groups is 1. The minimum absolute atomic E-state index is 0.242. The summed E-state index contributed by atoms with van der Waals surface area (Å²) in [5.41, 5.74) is 6.32. The van der Waals surface area contributed by atoms with Crippen LogP contribution in [0.3, 0.4) is 0 Å². The number of ether oxygens (including phenoxy) is 1. The lowest BCUT2D eigenvalue weighted by molar-refractivity contribution is 0.0955. The Labute approximate surface area is 221 Å². The van der Waals surface area contributed by atoms with Gasteiger partial charge >= 0.3 is 0 Å². The Morgan fingerprint density at radius 3 is 2.24 bits per heavy atom. The maximum atomic E-state index is 12.4. The van der Waals surface area contributed by atoms with Gasteiger partial charge in [-0.15, -0.1) is 11.8 Å². The fourth-order valence-corrected chi connectivity index (χ4v) is 4.69. The second-order valence-electron chi connectivity index (χ2n) is 8.54. The standard InChI is InChI=1S/C32H26N2O2S/c35-32(28-16-10-25(11-17-28)23-37-31-8-2-1-3-9-31)34-33-21-24-13-18-30(19-14-24)36-22-26-12-15-27-6-4-5-7-29(27)20-26/h1-21H,22-23H2,(H,34,35)/b33-21+. The molecule has 0 aliphatic rings. The molecule has 0 saturated heterocycles. The van der Waals surface area contributed by atoms with Crippen LogP contribution in [-0.2, 0) is 12.4 Å². The highest BCUT2D eigenvalue weighted by Crippen LogP contribution is 2.22. The zero-order chi connectivity index (χ0) is 25.3. The van der Waals surface area contributed by atoms with Crippen LogP contribution in [0.2, 0.25) is 0 Å². The molecule has 0 unspecified atom stereocenters. The first-order valence-electron chi connectivity index (χ1n) is 12.0.